The van der Waals surface area contributed by atoms with Gasteiger partial charge in [0.25, 0.3) is 0 Å². The second kappa shape index (κ2) is 8.98. The van der Waals surface area contributed by atoms with Gasteiger partial charge in [0.15, 0.2) is 5.54 Å². The van der Waals surface area contributed by atoms with Crippen molar-refractivity contribution in [2.24, 2.45) is 0 Å². The smallest absolute Gasteiger partial charge is 0.408 e. The number of benzene rings is 3. The van der Waals surface area contributed by atoms with E-state index in [2.05, 4.69) is 10.3 Å². The van der Waals surface area contributed by atoms with Crippen LogP contribution in [-0.4, -0.2) is 24.2 Å². The van der Waals surface area contributed by atoms with E-state index >= 15 is 0 Å². The summed E-state index contributed by atoms with van der Waals surface area (Å²) in [5, 5.41) is 3.66. The molecule has 0 bridgehead atoms. The largest absolute Gasteiger partial charge is 0.467 e. The molecule has 0 saturated carbocycles. The zero-order chi connectivity index (χ0) is 22.6. The summed E-state index contributed by atoms with van der Waals surface area (Å²) in [5.74, 6) is -0.617. The number of H-pyrrole nitrogens is 1. The number of alkyl carbamates (subject to hydrolysis) is 1. The van der Waals surface area contributed by atoms with Crippen molar-refractivity contribution in [1.82, 2.24) is 10.3 Å². The zero-order valence-electron chi connectivity index (χ0n) is 17.9. The van der Waals surface area contributed by atoms with E-state index in [-0.39, 0.29) is 6.61 Å². The third kappa shape index (κ3) is 3.83. The van der Waals surface area contributed by atoms with E-state index in [1.165, 1.54) is 7.11 Å². The predicted molar refractivity (Wildman–Crippen MR) is 122 cm³/mol. The van der Waals surface area contributed by atoms with Gasteiger partial charge in [0, 0.05) is 22.2 Å². The number of fused-ring (bicyclic) bond motifs is 1. The number of aromatic amines is 1. The van der Waals surface area contributed by atoms with Crippen LogP contribution in [-0.2, 0) is 26.4 Å². The highest BCUT2D eigenvalue weighted by molar-refractivity contribution is 5.98. The maximum Gasteiger partial charge on any atom is 0.408 e. The van der Waals surface area contributed by atoms with Gasteiger partial charge >= 0.3 is 12.1 Å². The highest BCUT2D eigenvalue weighted by atomic mass is 16.6. The number of para-hydroxylation sites is 1. The number of esters is 1. The summed E-state index contributed by atoms with van der Waals surface area (Å²) in [7, 11) is 1.31. The molecule has 4 aromatic rings. The summed E-state index contributed by atoms with van der Waals surface area (Å²) in [6.45, 7) is 1.94. The summed E-state index contributed by atoms with van der Waals surface area (Å²) in [5.41, 5.74) is 2.01. The Kier molecular flexibility index (Phi) is 5.94. The molecule has 0 aliphatic heterocycles. The van der Waals surface area contributed by atoms with Gasteiger partial charge in [0.05, 0.1) is 7.11 Å². The molecular formula is C26H24N2O4. The molecule has 6 nitrogen and oxygen atoms in total. The molecule has 1 atom stereocenters. The van der Waals surface area contributed by atoms with Crippen LogP contribution in [0.2, 0.25) is 0 Å². The third-order valence-corrected chi connectivity index (χ3v) is 5.47. The quantitative estimate of drug-likeness (QED) is 0.432. The standard InChI is InChI=1S/C26H24N2O4/c1-18-23(21-15-9-10-16-22(21)27-18)26(24(29)31-2,20-13-7-4-8-14-20)28-25(30)32-17-19-11-5-3-6-12-19/h3-16,27H,17H2,1-2H3,(H,28,30)/t26-/m1/s1. The molecule has 1 amide bonds. The van der Waals surface area contributed by atoms with Crippen LogP contribution in [0.3, 0.4) is 0 Å². The molecule has 32 heavy (non-hydrogen) atoms. The summed E-state index contributed by atoms with van der Waals surface area (Å²) in [6.07, 6.45) is -0.729. The fourth-order valence-electron chi connectivity index (χ4n) is 4.06. The van der Waals surface area contributed by atoms with E-state index in [4.69, 9.17) is 9.47 Å². The van der Waals surface area contributed by atoms with E-state index in [9.17, 15) is 9.59 Å². The van der Waals surface area contributed by atoms with Crippen LogP contribution in [0.4, 0.5) is 4.79 Å². The van der Waals surface area contributed by atoms with Gasteiger partial charge in [-0.1, -0.05) is 78.9 Å². The molecule has 0 spiro atoms. The summed E-state index contributed by atoms with van der Waals surface area (Å²) in [4.78, 5) is 29.8. The Morgan fingerprint density at radius 3 is 2.22 bits per heavy atom. The fraction of sp³-hybridized carbons (Fsp3) is 0.154. The number of carbonyl (C=O) groups is 2. The van der Waals surface area contributed by atoms with Crippen molar-refractivity contribution >= 4 is 23.0 Å². The normalized spacial score (nSPS) is 12.7. The van der Waals surface area contributed by atoms with Gasteiger partial charge in [-0.25, -0.2) is 9.59 Å². The van der Waals surface area contributed by atoms with Crippen LogP contribution in [0, 0.1) is 6.92 Å². The molecule has 0 fully saturated rings. The number of hydrogen-bond donors (Lipinski definition) is 2. The average Bonchev–Trinajstić information content (AvgIpc) is 3.18. The van der Waals surface area contributed by atoms with Crippen molar-refractivity contribution < 1.29 is 19.1 Å². The van der Waals surface area contributed by atoms with Gasteiger partial charge in [-0.2, -0.15) is 0 Å². The number of carbonyl (C=O) groups excluding carboxylic acids is 2. The second-order valence-corrected chi connectivity index (χ2v) is 7.46. The number of aryl methyl sites for hydroxylation is 1. The highest BCUT2D eigenvalue weighted by Gasteiger charge is 2.48. The van der Waals surface area contributed by atoms with Crippen molar-refractivity contribution in [3.8, 4) is 0 Å². The fourth-order valence-corrected chi connectivity index (χ4v) is 4.06. The molecule has 2 N–H and O–H groups in total. The minimum Gasteiger partial charge on any atom is -0.467 e. The first-order chi connectivity index (χ1) is 15.6. The van der Waals surface area contributed by atoms with Crippen LogP contribution in [0.15, 0.2) is 84.9 Å². The van der Waals surface area contributed by atoms with Gasteiger partial charge in [-0.15, -0.1) is 0 Å². The molecule has 1 heterocycles. The molecule has 0 aliphatic carbocycles. The van der Waals surface area contributed by atoms with E-state index in [0.717, 1.165) is 22.2 Å². The number of methoxy groups -OCH3 is 1. The molecule has 1 aromatic heterocycles. The van der Waals surface area contributed by atoms with Crippen molar-refractivity contribution in [3.05, 3.63) is 107 Å². The Balaban J connectivity index is 1.83. The average molecular weight is 428 g/mol. The molecular weight excluding hydrogens is 404 g/mol. The maximum atomic E-state index is 13.4. The van der Waals surface area contributed by atoms with Gasteiger partial charge < -0.3 is 14.5 Å². The number of nitrogens with one attached hydrogen (secondary N) is 2. The lowest BCUT2D eigenvalue weighted by atomic mass is 9.81. The monoisotopic (exact) mass is 428 g/mol. The second-order valence-electron chi connectivity index (χ2n) is 7.46. The first kappa shape index (κ1) is 21.2. The lowest BCUT2D eigenvalue weighted by molar-refractivity contribution is -0.147. The number of aromatic nitrogens is 1. The molecule has 0 radical (unpaired) electrons. The lowest BCUT2D eigenvalue weighted by Crippen LogP contribution is -2.53. The molecule has 162 valence electrons. The number of rotatable bonds is 6. The van der Waals surface area contributed by atoms with Crippen molar-refractivity contribution in [2.75, 3.05) is 7.11 Å². The third-order valence-electron chi connectivity index (χ3n) is 5.47. The van der Waals surface area contributed by atoms with Gasteiger partial charge in [0.2, 0.25) is 0 Å². The molecule has 0 unspecified atom stereocenters. The van der Waals surface area contributed by atoms with Crippen molar-refractivity contribution in [1.29, 1.82) is 0 Å². The maximum absolute atomic E-state index is 13.4. The molecule has 0 saturated heterocycles. The molecule has 6 heteroatoms. The SMILES string of the molecule is COC(=O)[C@@](NC(=O)OCc1ccccc1)(c1ccccc1)c1c(C)[nH]c2ccccc12. The molecule has 0 aliphatic rings. The minimum absolute atomic E-state index is 0.0750. The number of ether oxygens (including phenoxy) is 2. The first-order valence-corrected chi connectivity index (χ1v) is 10.3. The summed E-state index contributed by atoms with van der Waals surface area (Å²) < 4.78 is 10.7. The van der Waals surface area contributed by atoms with Crippen LogP contribution in [0.25, 0.3) is 10.9 Å². The predicted octanol–water partition coefficient (Wildman–Crippen LogP) is 4.82. The summed E-state index contributed by atoms with van der Waals surface area (Å²) in [6, 6.07) is 26.0. The van der Waals surface area contributed by atoms with Gasteiger partial charge in [0.1, 0.15) is 6.61 Å². The van der Waals surface area contributed by atoms with E-state index in [0.29, 0.717) is 11.1 Å². The van der Waals surface area contributed by atoms with E-state index in [1.54, 1.807) is 12.1 Å². The van der Waals surface area contributed by atoms with Crippen molar-refractivity contribution in [3.63, 3.8) is 0 Å². The van der Waals surface area contributed by atoms with Crippen LogP contribution in [0.1, 0.15) is 22.4 Å². The van der Waals surface area contributed by atoms with Crippen molar-refractivity contribution in [2.45, 2.75) is 19.1 Å². The lowest BCUT2D eigenvalue weighted by Gasteiger charge is -2.33. The Hall–Kier alpha value is -4.06. The number of hydrogen-bond acceptors (Lipinski definition) is 4. The van der Waals surface area contributed by atoms with E-state index in [1.807, 2.05) is 79.7 Å². The van der Waals surface area contributed by atoms with Crippen LogP contribution in [0.5, 0.6) is 0 Å². The van der Waals surface area contributed by atoms with Gasteiger partial charge in [-0.05, 0) is 24.1 Å². The Morgan fingerprint density at radius 2 is 1.53 bits per heavy atom. The van der Waals surface area contributed by atoms with Gasteiger partial charge in [-0.3, -0.25) is 5.32 Å². The Bertz CT molecular complexity index is 1230. The summed E-state index contributed by atoms with van der Waals surface area (Å²) >= 11 is 0. The highest BCUT2D eigenvalue weighted by Crippen LogP contribution is 2.38. The first-order valence-electron chi connectivity index (χ1n) is 10.3. The Morgan fingerprint density at radius 1 is 0.906 bits per heavy atom. The van der Waals surface area contributed by atoms with Crippen LogP contribution < -0.4 is 5.32 Å². The number of amides is 1. The van der Waals surface area contributed by atoms with Crippen LogP contribution >= 0.6 is 0 Å². The van der Waals surface area contributed by atoms with E-state index < -0.39 is 17.6 Å². The Labute approximate surface area is 186 Å². The zero-order valence-corrected chi connectivity index (χ0v) is 17.9. The minimum atomic E-state index is -1.60. The topological polar surface area (TPSA) is 80.4 Å². The molecule has 3 aromatic carbocycles. The molecule has 4 rings (SSSR count).